The molecule has 0 unspecified atom stereocenters. The van der Waals surface area contributed by atoms with Gasteiger partial charge in [0.05, 0.1) is 6.61 Å². The van der Waals surface area contributed by atoms with Gasteiger partial charge in [0, 0.05) is 24.8 Å². The second-order valence-corrected chi connectivity index (χ2v) is 4.69. The Hall–Kier alpha value is -1.06. The van der Waals surface area contributed by atoms with E-state index in [0.29, 0.717) is 5.92 Å². The lowest BCUT2D eigenvalue weighted by Crippen LogP contribution is -2.22. The summed E-state index contributed by atoms with van der Waals surface area (Å²) in [6.45, 7) is 4.48. The van der Waals surface area contributed by atoms with Crippen LogP contribution in [0.15, 0.2) is 24.3 Å². The molecule has 2 N–H and O–H groups in total. The SMILES string of the molecule is C[C@H](N)c1ccccc1OCC1CCOCC1. The van der Waals surface area contributed by atoms with Crippen LogP contribution in [0.25, 0.3) is 0 Å². The van der Waals surface area contributed by atoms with Crippen LogP contribution in [-0.4, -0.2) is 19.8 Å². The first-order chi connectivity index (χ1) is 8.27. The van der Waals surface area contributed by atoms with Crippen LogP contribution in [0.4, 0.5) is 0 Å². The quantitative estimate of drug-likeness (QED) is 0.872. The first-order valence-electron chi connectivity index (χ1n) is 6.32. The van der Waals surface area contributed by atoms with Gasteiger partial charge < -0.3 is 15.2 Å². The van der Waals surface area contributed by atoms with Gasteiger partial charge in [-0.25, -0.2) is 0 Å². The maximum Gasteiger partial charge on any atom is 0.124 e. The predicted octanol–water partition coefficient (Wildman–Crippen LogP) is 2.51. The molecule has 1 aliphatic rings. The molecule has 1 saturated heterocycles. The third-order valence-electron chi connectivity index (χ3n) is 3.22. The Kier molecular flexibility index (Phi) is 4.40. The van der Waals surface area contributed by atoms with E-state index in [-0.39, 0.29) is 6.04 Å². The summed E-state index contributed by atoms with van der Waals surface area (Å²) in [5, 5.41) is 0. The van der Waals surface area contributed by atoms with Crippen LogP contribution in [0.5, 0.6) is 5.75 Å². The Morgan fingerprint density at radius 2 is 2.06 bits per heavy atom. The number of hydrogen-bond acceptors (Lipinski definition) is 3. The summed E-state index contributed by atoms with van der Waals surface area (Å²) in [5.74, 6) is 1.54. The van der Waals surface area contributed by atoms with Gasteiger partial charge in [0.2, 0.25) is 0 Å². The zero-order chi connectivity index (χ0) is 12.1. The topological polar surface area (TPSA) is 44.5 Å². The molecule has 1 atom stereocenters. The van der Waals surface area contributed by atoms with Crippen molar-refractivity contribution in [3.05, 3.63) is 29.8 Å². The third kappa shape index (κ3) is 3.45. The zero-order valence-electron chi connectivity index (χ0n) is 10.4. The van der Waals surface area contributed by atoms with Crippen molar-refractivity contribution in [2.24, 2.45) is 11.7 Å². The van der Waals surface area contributed by atoms with E-state index in [1.807, 2.05) is 31.2 Å². The van der Waals surface area contributed by atoms with Gasteiger partial charge in [0.15, 0.2) is 0 Å². The number of nitrogens with two attached hydrogens (primary N) is 1. The lowest BCUT2D eigenvalue weighted by molar-refractivity contribution is 0.0496. The second kappa shape index (κ2) is 6.03. The summed E-state index contributed by atoms with van der Waals surface area (Å²) in [7, 11) is 0. The summed E-state index contributed by atoms with van der Waals surface area (Å²) in [5.41, 5.74) is 7.01. The van der Waals surface area contributed by atoms with Crippen molar-refractivity contribution in [1.29, 1.82) is 0 Å². The summed E-state index contributed by atoms with van der Waals surface area (Å²) >= 11 is 0. The van der Waals surface area contributed by atoms with Crippen LogP contribution in [0, 0.1) is 5.92 Å². The molecule has 0 bridgehead atoms. The lowest BCUT2D eigenvalue weighted by atomic mass is 10.0. The van der Waals surface area contributed by atoms with E-state index in [9.17, 15) is 0 Å². The molecule has 3 nitrogen and oxygen atoms in total. The van der Waals surface area contributed by atoms with E-state index in [1.165, 1.54) is 0 Å². The fourth-order valence-corrected chi connectivity index (χ4v) is 2.11. The van der Waals surface area contributed by atoms with E-state index in [2.05, 4.69) is 0 Å². The van der Waals surface area contributed by atoms with Crippen molar-refractivity contribution in [2.75, 3.05) is 19.8 Å². The number of benzene rings is 1. The lowest BCUT2D eigenvalue weighted by Gasteiger charge is -2.23. The summed E-state index contributed by atoms with van der Waals surface area (Å²) in [6, 6.07) is 8.04. The van der Waals surface area contributed by atoms with E-state index in [4.69, 9.17) is 15.2 Å². The predicted molar refractivity (Wildman–Crippen MR) is 68.1 cm³/mol. The number of hydrogen-bond donors (Lipinski definition) is 1. The maximum atomic E-state index is 5.92. The molecule has 1 aromatic carbocycles. The molecule has 94 valence electrons. The third-order valence-corrected chi connectivity index (χ3v) is 3.22. The van der Waals surface area contributed by atoms with Gasteiger partial charge >= 0.3 is 0 Å². The van der Waals surface area contributed by atoms with Gasteiger partial charge in [0.1, 0.15) is 5.75 Å². The molecular formula is C14H21NO2. The number of rotatable bonds is 4. The van der Waals surface area contributed by atoms with Crippen LogP contribution < -0.4 is 10.5 Å². The second-order valence-electron chi connectivity index (χ2n) is 4.69. The Labute approximate surface area is 103 Å². The maximum absolute atomic E-state index is 5.92. The highest BCUT2D eigenvalue weighted by Crippen LogP contribution is 2.25. The molecule has 1 fully saturated rings. The van der Waals surface area contributed by atoms with Crippen LogP contribution >= 0.6 is 0 Å². The van der Waals surface area contributed by atoms with Crippen LogP contribution in [0.3, 0.4) is 0 Å². The van der Waals surface area contributed by atoms with Crippen molar-refractivity contribution in [3.8, 4) is 5.75 Å². The fourth-order valence-electron chi connectivity index (χ4n) is 2.11. The molecule has 1 aliphatic heterocycles. The van der Waals surface area contributed by atoms with Crippen molar-refractivity contribution >= 4 is 0 Å². The smallest absolute Gasteiger partial charge is 0.124 e. The molecule has 0 radical (unpaired) electrons. The molecule has 0 amide bonds. The normalized spacial score (nSPS) is 18.9. The summed E-state index contributed by atoms with van der Waals surface area (Å²) in [6.07, 6.45) is 2.20. The molecule has 0 aromatic heterocycles. The Morgan fingerprint density at radius 1 is 1.35 bits per heavy atom. The van der Waals surface area contributed by atoms with E-state index in [0.717, 1.165) is 44.0 Å². The standard InChI is InChI=1S/C14H21NO2/c1-11(15)13-4-2-3-5-14(13)17-10-12-6-8-16-9-7-12/h2-5,11-12H,6-10,15H2,1H3/t11-/m0/s1. The fraction of sp³-hybridized carbons (Fsp3) is 0.571. The van der Waals surface area contributed by atoms with Crippen LogP contribution in [-0.2, 0) is 4.74 Å². The largest absolute Gasteiger partial charge is 0.493 e. The highest BCUT2D eigenvalue weighted by Gasteiger charge is 2.15. The van der Waals surface area contributed by atoms with Crippen LogP contribution in [0.2, 0.25) is 0 Å². The average molecular weight is 235 g/mol. The van der Waals surface area contributed by atoms with Crippen molar-refractivity contribution in [2.45, 2.75) is 25.8 Å². The Bertz CT molecular complexity index is 346. The molecule has 0 spiro atoms. The van der Waals surface area contributed by atoms with Crippen molar-refractivity contribution in [3.63, 3.8) is 0 Å². The van der Waals surface area contributed by atoms with Crippen LogP contribution in [0.1, 0.15) is 31.4 Å². The van der Waals surface area contributed by atoms with E-state index in [1.54, 1.807) is 0 Å². The van der Waals surface area contributed by atoms with Gasteiger partial charge in [-0.1, -0.05) is 18.2 Å². The monoisotopic (exact) mass is 235 g/mol. The molecule has 17 heavy (non-hydrogen) atoms. The highest BCUT2D eigenvalue weighted by molar-refractivity contribution is 5.35. The average Bonchev–Trinajstić information content (AvgIpc) is 2.38. The summed E-state index contributed by atoms with van der Waals surface area (Å²) in [4.78, 5) is 0. The van der Waals surface area contributed by atoms with Gasteiger partial charge in [0.25, 0.3) is 0 Å². The van der Waals surface area contributed by atoms with Crippen molar-refractivity contribution in [1.82, 2.24) is 0 Å². The first-order valence-corrected chi connectivity index (χ1v) is 6.32. The van der Waals surface area contributed by atoms with Crippen molar-refractivity contribution < 1.29 is 9.47 Å². The van der Waals surface area contributed by atoms with E-state index >= 15 is 0 Å². The Balaban J connectivity index is 1.93. The van der Waals surface area contributed by atoms with Gasteiger partial charge in [-0.15, -0.1) is 0 Å². The molecule has 1 aromatic rings. The van der Waals surface area contributed by atoms with Gasteiger partial charge in [-0.2, -0.15) is 0 Å². The van der Waals surface area contributed by atoms with E-state index < -0.39 is 0 Å². The zero-order valence-corrected chi connectivity index (χ0v) is 10.4. The van der Waals surface area contributed by atoms with Gasteiger partial charge in [-0.05, 0) is 31.7 Å². The number of para-hydroxylation sites is 1. The Morgan fingerprint density at radius 3 is 2.76 bits per heavy atom. The molecule has 1 heterocycles. The molecular weight excluding hydrogens is 214 g/mol. The first kappa shape index (κ1) is 12.4. The van der Waals surface area contributed by atoms with Gasteiger partial charge in [-0.3, -0.25) is 0 Å². The minimum Gasteiger partial charge on any atom is -0.493 e. The minimum atomic E-state index is 0.0147. The number of ether oxygens (including phenoxy) is 2. The molecule has 0 saturated carbocycles. The summed E-state index contributed by atoms with van der Waals surface area (Å²) < 4.78 is 11.2. The molecule has 0 aliphatic carbocycles. The molecule has 3 heteroatoms. The molecule has 2 rings (SSSR count). The highest BCUT2D eigenvalue weighted by atomic mass is 16.5. The minimum absolute atomic E-state index is 0.0147.